The lowest BCUT2D eigenvalue weighted by Gasteiger charge is -2.42. The third kappa shape index (κ3) is 5.54. The van der Waals surface area contributed by atoms with Crippen molar-refractivity contribution in [1.82, 2.24) is 20.7 Å². The molecule has 7 nitrogen and oxygen atoms in total. The van der Waals surface area contributed by atoms with Crippen molar-refractivity contribution < 1.29 is 27.3 Å². The summed E-state index contributed by atoms with van der Waals surface area (Å²) in [6.07, 6.45) is 8.66. The van der Waals surface area contributed by atoms with E-state index in [1.165, 1.54) is 19.3 Å². The first kappa shape index (κ1) is 25.8. The highest BCUT2D eigenvalue weighted by Crippen LogP contribution is 2.32. The molecule has 3 atom stereocenters. The fourth-order valence-corrected chi connectivity index (χ4v) is 5.93. The van der Waals surface area contributed by atoms with Gasteiger partial charge in [-0.2, -0.15) is 0 Å². The molecular weight excluding hydrogens is 485 g/mol. The minimum atomic E-state index is -1.16. The van der Waals surface area contributed by atoms with E-state index in [0.717, 1.165) is 38.3 Å². The van der Waals surface area contributed by atoms with Gasteiger partial charge in [0.1, 0.15) is 17.5 Å². The molecule has 2 aliphatic carbocycles. The quantitative estimate of drug-likeness (QED) is 0.567. The number of amides is 2. The molecule has 5 rings (SSSR count). The summed E-state index contributed by atoms with van der Waals surface area (Å²) in [6.45, 7) is 3.38. The summed E-state index contributed by atoms with van der Waals surface area (Å²) in [4.78, 5) is 28.8. The van der Waals surface area contributed by atoms with Crippen LogP contribution in [0.15, 0.2) is 22.7 Å². The van der Waals surface area contributed by atoms with Crippen LogP contribution in [0.3, 0.4) is 0 Å². The molecule has 2 heterocycles. The Labute approximate surface area is 214 Å². The van der Waals surface area contributed by atoms with E-state index in [2.05, 4.69) is 20.7 Å². The lowest BCUT2D eigenvalue weighted by Crippen LogP contribution is -2.58. The van der Waals surface area contributed by atoms with E-state index in [9.17, 15) is 22.8 Å². The Bertz CT molecular complexity index is 1120. The number of carbonyl (C=O) groups excluding carboxylic acids is 2. The summed E-state index contributed by atoms with van der Waals surface area (Å²) in [5.74, 6) is -4.29. The predicted molar refractivity (Wildman–Crippen MR) is 130 cm³/mol. The minimum absolute atomic E-state index is 0.0660. The highest BCUT2D eigenvalue weighted by molar-refractivity contribution is 5.94. The molecule has 0 spiro atoms. The zero-order valence-corrected chi connectivity index (χ0v) is 20.9. The molecule has 1 aliphatic heterocycles. The molecule has 2 N–H and O–H groups in total. The molecule has 2 saturated carbocycles. The summed E-state index contributed by atoms with van der Waals surface area (Å²) >= 11 is 0. The zero-order chi connectivity index (χ0) is 26.1. The van der Waals surface area contributed by atoms with Gasteiger partial charge in [-0.15, -0.1) is 0 Å². The molecule has 0 radical (unpaired) electrons. The number of piperidine rings is 1. The van der Waals surface area contributed by atoms with Crippen LogP contribution in [-0.2, 0) is 4.79 Å². The first-order valence-electron chi connectivity index (χ1n) is 13.3. The second-order valence-corrected chi connectivity index (χ2v) is 10.7. The van der Waals surface area contributed by atoms with Crippen LogP contribution in [0.2, 0.25) is 0 Å². The molecule has 2 amide bonds. The monoisotopic (exact) mass is 518 g/mol. The van der Waals surface area contributed by atoms with Gasteiger partial charge in [0.15, 0.2) is 11.5 Å². The van der Waals surface area contributed by atoms with Gasteiger partial charge in [0.2, 0.25) is 5.91 Å². The van der Waals surface area contributed by atoms with Gasteiger partial charge in [0, 0.05) is 49.4 Å². The van der Waals surface area contributed by atoms with Crippen molar-refractivity contribution in [3.63, 3.8) is 0 Å². The van der Waals surface area contributed by atoms with Crippen LogP contribution < -0.4 is 10.6 Å². The van der Waals surface area contributed by atoms with Crippen LogP contribution in [-0.4, -0.2) is 53.1 Å². The second kappa shape index (κ2) is 10.8. The lowest BCUT2D eigenvalue weighted by molar-refractivity contribution is -0.129. The van der Waals surface area contributed by atoms with Gasteiger partial charge in [0.25, 0.3) is 5.91 Å². The second-order valence-electron chi connectivity index (χ2n) is 10.7. The number of nitrogens with zero attached hydrogens (tertiary/aromatic N) is 2. The standard InChI is InChI=1S/C27H33F3N4O3/c1-15(16-5-4-6-16)31-26(35)19-14-34(18-7-2-3-8-18)10-9-22(19)32-27(36)23-13-24(37-33-23)25-20(29)11-17(28)12-21(25)30/h11-13,15-16,18-19,22H,2-10,14H2,1H3,(H,31,35)(H,32,36)/t15-,19?,22?/m1/s1. The third-order valence-corrected chi connectivity index (χ3v) is 8.36. The van der Waals surface area contributed by atoms with E-state index in [0.29, 0.717) is 37.1 Å². The molecule has 0 bridgehead atoms. The minimum Gasteiger partial charge on any atom is -0.355 e. The Morgan fingerprint density at radius 3 is 2.38 bits per heavy atom. The zero-order valence-electron chi connectivity index (χ0n) is 20.9. The van der Waals surface area contributed by atoms with Crippen molar-refractivity contribution >= 4 is 11.8 Å². The molecule has 1 saturated heterocycles. The van der Waals surface area contributed by atoms with Crippen molar-refractivity contribution in [2.75, 3.05) is 13.1 Å². The summed E-state index contributed by atoms with van der Waals surface area (Å²) in [5.41, 5.74) is -0.765. The van der Waals surface area contributed by atoms with Crippen molar-refractivity contribution in [2.45, 2.75) is 76.4 Å². The normalized spacial score (nSPS) is 24.0. The highest BCUT2D eigenvalue weighted by Gasteiger charge is 2.39. The Hall–Kier alpha value is -2.88. The Morgan fingerprint density at radius 2 is 1.73 bits per heavy atom. The Balaban J connectivity index is 1.30. The maximum Gasteiger partial charge on any atom is 0.273 e. The lowest BCUT2D eigenvalue weighted by atomic mass is 9.80. The Morgan fingerprint density at radius 1 is 1.03 bits per heavy atom. The predicted octanol–water partition coefficient (Wildman–Crippen LogP) is 4.43. The molecule has 2 unspecified atom stereocenters. The molecule has 2 aromatic rings. The van der Waals surface area contributed by atoms with Crippen LogP contribution in [0.5, 0.6) is 0 Å². The van der Waals surface area contributed by atoms with Crippen molar-refractivity contribution in [3.8, 4) is 11.3 Å². The average molecular weight is 519 g/mol. The summed E-state index contributed by atoms with van der Waals surface area (Å²) in [6, 6.07) is 2.32. The van der Waals surface area contributed by atoms with E-state index in [1.807, 2.05) is 6.92 Å². The van der Waals surface area contributed by atoms with Gasteiger partial charge in [0.05, 0.1) is 11.5 Å². The number of likely N-dealkylation sites (tertiary alicyclic amines) is 1. The van der Waals surface area contributed by atoms with Crippen LogP contribution >= 0.6 is 0 Å². The maximum absolute atomic E-state index is 14.2. The van der Waals surface area contributed by atoms with Crippen molar-refractivity contribution in [3.05, 3.63) is 41.3 Å². The molecule has 3 aliphatic rings. The van der Waals surface area contributed by atoms with E-state index in [-0.39, 0.29) is 23.4 Å². The smallest absolute Gasteiger partial charge is 0.273 e. The Kier molecular flexibility index (Phi) is 7.55. The molecule has 1 aromatic heterocycles. The summed E-state index contributed by atoms with van der Waals surface area (Å²) in [5, 5.41) is 9.77. The number of hydrogen-bond donors (Lipinski definition) is 2. The molecule has 3 fully saturated rings. The molecule has 200 valence electrons. The molecular formula is C27H33F3N4O3. The average Bonchev–Trinajstić information content (AvgIpc) is 3.50. The first-order chi connectivity index (χ1) is 17.8. The fraction of sp³-hybridized carbons (Fsp3) is 0.593. The van der Waals surface area contributed by atoms with Crippen LogP contribution in [0.1, 0.15) is 68.8 Å². The molecule has 37 heavy (non-hydrogen) atoms. The third-order valence-electron chi connectivity index (χ3n) is 8.36. The number of rotatable bonds is 7. The highest BCUT2D eigenvalue weighted by atomic mass is 19.1. The van der Waals surface area contributed by atoms with E-state index < -0.39 is 40.9 Å². The number of hydrogen-bond acceptors (Lipinski definition) is 5. The van der Waals surface area contributed by atoms with Gasteiger partial charge < -0.3 is 15.2 Å². The number of aromatic nitrogens is 1. The van der Waals surface area contributed by atoms with Crippen molar-refractivity contribution in [2.24, 2.45) is 11.8 Å². The maximum atomic E-state index is 14.2. The van der Waals surface area contributed by atoms with Crippen LogP contribution in [0, 0.1) is 29.3 Å². The van der Waals surface area contributed by atoms with Gasteiger partial charge >= 0.3 is 0 Å². The van der Waals surface area contributed by atoms with Crippen molar-refractivity contribution in [1.29, 1.82) is 0 Å². The van der Waals surface area contributed by atoms with Crippen LogP contribution in [0.4, 0.5) is 13.2 Å². The van der Waals surface area contributed by atoms with Gasteiger partial charge in [-0.05, 0) is 44.9 Å². The largest absolute Gasteiger partial charge is 0.355 e. The van der Waals surface area contributed by atoms with Gasteiger partial charge in [-0.3, -0.25) is 14.5 Å². The van der Waals surface area contributed by atoms with E-state index in [1.54, 1.807) is 0 Å². The summed E-state index contributed by atoms with van der Waals surface area (Å²) < 4.78 is 46.6. The van der Waals surface area contributed by atoms with E-state index in [4.69, 9.17) is 4.52 Å². The first-order valence-corrected chi connectivity index (χ1v) is 13.3. The van der Waals surface area contributed by atoms with Gasteiger partial charge in [-0.25, -0.2) is 13.2 Å². The number of carbonyl (C=O) groups is 2. The van der Waals surface area contributed by atoms with Gasteiger partial charge in [-0.1, -0.05) is 24.4 Å². The molecule has 1 aromatic carbocycles. The van der Waals surface area contributed by atoms with Crippen LogP contribution in [0.25, 0.3) is 11.3 Å². The number of nitrogens with one attached hydrogen (secondary N) is 2. The van der Waals surface area contributed by atoms with E-state index >= 15 is 0 Å². The topological polar surface area (TPSA) is 87.5 Å². The number of halogens is 3. The molecule has 10 heteroatoms. The summed E-state index contributed by atoms with van der Waals surface area (Å²) in [7, 11) is 0. The fourth-order valence-electron chi connectivity index (χ4n) is 5.93. The SMILES string of the molecule is C[C@@H](NC(=O)C1CN(C2CCCC2)CCC1NC(=O)c1cc(-c2c(F)cc(F)cc2F)on1)C1CCC1. The number of benzene rings is 1.